The third-order valence-electron chi connectivity index (χ3n) is 6.83. The third-order valence-corrected chi connectivity index (χ3v) is 8.37. The minimum atomic E-state index is -3.80. The first kappa shape index (κ1) is 23.5. The van der Waals surface area contributed by atoms with Gasteiger partial charge in [-0.1, -0.05) is 60.7 Å². The Balaban J connectivity index is 1.25. The second-order valence-corrected chi connectivity index (χ2v) is 10.9. The average molecular weight is 494 g/mol. The van der Waals surface area contributed by atoms with Gasteiger partial charge in [0.2, 0.25) is 10.0 Å². The van der Waals surface area contributed by atoms with Crippen molar-refractivity contribution in [2.75, 3.05) is 13.1 Å². The molecule has 1 aliphatic heterocycles. The largest absolute Gasteiger partial charge is 0.334 e. The molecule has 0 aromatic heterocycles. The first-order chi connectivity index (χ1) is 16.9. The number of nitrogens with one attached hydrogen (secondary N) is 2. The predicted molar refractivity (Wildman–Crippen MR) is 132 cm³/mol. The van der Waals surface area contributed by atoms with Crippen molar-refractivity contribution in [3.8, 4) is 0 Å². The van der Waals surface area contributed by atoms with Gasteiger partial charge in [-0.05, 0) is 48.2 Å². The van der Waals surface area contributed by atoms with Gasteiger partial charge in [0.15, 0.2) is 0 Å². The molecule has 1 saturated heterocycles. The fraction of sp³-hybridized carbons (Fsp3) is 0.296. The molecule has 4 atom stereocenters. The highest BCUT2D eigenvalue weighted by Crippen LogP contribution is 2.54. The standard InChI is InChI=1S/C27H28FN3O3S/c28-21-13-15-23(16-14-21)35(33,34)30-22-12-7-17-31(18-22)27(32)29-26-24(19-8-3-1-4-9-19)25(26)20-10-5-2-6-11-20/h1-6,8-11,13-16,22,24-26,30H,7,12,17-18H2,(H,29,32)/t22-,24-,25+,26?/m1/s1. The first-order valence-electron chi connectivity index (χ1n) is 11.9. The van der Waals surface area contributed by atoms with E-state index in [9.17, 15) is 17.6 Å². The van der Waals surface area contributed by atoms with Crippen LogP contribution in [0.15, 0.2) is 89.8 Å². The molecule has 8 heteroatoms. The van der Waals surface area contributed by atoms with Gasteiger partial charge in [0.05, 0.1) is 4.90 Å². The molecule has 5 rings (SSSR count). The molecule has 6 nitrogen and oxygen atoms in total. The number of sulfonamides is 1. The van der Waals surface area contributed by atoms with Crippen LogP contribution in [0.1, 0.15) is 35.8 Å². The zero-order valence-electron chi connectivity index (χ0n) is 19.2. The van der Waals surface area contributed by atoms with Gasteiger partial charge in [-0.3, -0.25) is 0 Å². The normalized spacial score (nSPS) is 24.1. The van der Waals surface area contributed by atoms with E-state index in [-0.39, 0.29) is 35.3 Å². The Morgan fingerprint density at radius 3 is 2.00 bits per heavy atom. The van der Waals surface area contributed by atoms with Crippen LogP contribution >= 0.6 is 0 Å². The third kappa shape index (κ3) is 5.23. The summed E-state index contributed by atoms with van der Waals surface area (Å²) >= 11 is 0. The van der Waals surface area contributed by atoms with Gasteiger partial charge in [0.25, 0.3) is 0 Å². The van der Waals surface area contributed by atoms with Crippen molar-refractivity contribution in [2.45, 2.75) is 41.7 Å². The number of hydrogen-bond acceptors (Lipinski definition) is 3. The summed E-state index contributed by atoms with van der Waals surface area (Å²) in [5.41, 5.74) is 2.38. The lowest BCUT2D eigenvalue weighted by Gasteiger charge is -2.33. The van der Waals surface area contributed by atoms with E-state index < -0.39 is 21.9 Å². The average Bonchev–Trinajstić information content (AvgIpc) is 3.58. The molecule has 2 fully saturated rings. The van der Waals surface area contributed by atoms with Crippen molar-refractivity contribution in [3.05, 3.63) is 102 Å². The highest BCUT2D eigenvalue weighted by atomic mass is 32.2. The second-order valence-electron chi connectivity index (χ2n) is 9.21. The number of likely N-dealkylation sites (tertiary alicyclic amines) is 1. The van der Waals surface area contributed by atoms with Gasteiger partial charge in [-0.15, -0.1) is 0 Å². The highest BCUT2D eigenvalue weighted by Gasteiger charge is 2.53. The van der Waals surface area contributed by atoms with Crippen molar-refractivity contribution >= 4 is 16.1 Å². The lowest BCUT2D eigenvalue weighted by Crippen LogP contribution is -2.52. The quantitative estimate of drug-likeness (QED) is 0.540. The molecule has 0 bridgehead atoms. The molecule has 2 N–H and O–H groups in total. The van der Waals surface area contributed by atoms with Gasteiger partial charge in [0.1, 0.15) is 5.82 Å². The molecule has 2 aliphatic rings. The van der Waals surface area contributed by atoms with Crippen LogP contribution in [0.25, 0.3) is 0 Å². The number of urea groups is 1. The molecule has 1 unspecified atom stereocenters. The van der Waals surface area contributed by atoms with Gasteiger partial charge in [0, 0.05) is 37.0 Å². The Labute approximate surface area is 205 Å². The van der Waals surface area contributed by atoms with Crippen molar-refractivity contribution in [3.63, 3.8) is 0 Å². The van der Waals surface area contributed by atoms with Gasteiger partial charge >= 0.3 is 6.03 Å². The van der Waals surface area contributed by atoms with Crippen molar-refractivity contribution < 1.29 is 17.6 Å². The molecule has 1 aliphatic carbocycles. The summed E-state index contributed by atoms with van der Waals surface area (Å²) in [4.78, 5) is 14.9. The maximum Gasteiger partial charge on any atom is 0.317 e. The second kappa shape index (κ2) is 9.79. The predicted octanol–water partition coefficient (Wildman–Crippen LogP) is 4.23. The van der Waals surface area contributed by atoms with E-state index in [1.807, 2.05) is 36.4 Å². The van der Waals surface area contributed by atoms with Crippen LogP contribution in [-0.4, -0.2) is 44.5 Å². The smallest absolute Gasteiger partial charge is 0.317 e. The number of carbonyl (C=O) groups excluding carboxylic acids is 1. The summed E-state index contributed by atoms with van der Waals surface area (Å²) in [7, 11) is -3.80. The molecule has 0 spiro atoms. The first-order valence-corrected chi connectivity index (χ1v) is 13.3. The van der Waals surface area contributed by atoms with E-state index in [1.165, 1.54) is 23.3 Å². The van der Waals surface area contributed by atoms with Gasteiger partial charge < -0.3 is 10.2 Å². The highest BCUT2D eigenvalue weighted by molar-refractivity contribution is 7.89. The summed E-state index contributed by atoms with van der Waals surface area (Å²) in [6.45, 7) is 0.852. The van der Waals surface area contributed by atoms with Crippen molar-refractivity contribution in [1.82, 2.24) is 14.9 Å². The number of hydrogen-bond donors (Lipinski definition) is 2. The number of piperidine rings is 1. The van der Waals surface area contributed by atoms with Crippen LogP contribution in [0.5, 0.6) is 0 Å². The maximum atomic E-state index is 13.2. The van der Waals surface area contributed by atoms with Crippen LogP contribution < -0.4 is 10.0 Å². The van der Waals surface area contributed by atoms with E-state index in [2.05, 4.69) is 34.3 Å². The number of halogens is 1. The molecule has 1 saturated carbocycles. The number of nitrogens with zero attached hydrogens (tertiary/aromatic N) is 1. The molecule has 0 radical (unpaired) electrons. The molecular formula is C27H28FN3O3S. The summed E-state index contributed by atoms with van der Waals surface area (Å²) in [5, 5.41) is 3.21. The van der Waals surface area contributed by atoms with Gasteiger partial charge in [-0.25, -0.2) is 22.3 Å². The van der Waals surface area contributed by atoms with E-state index in [4.69, 9.17) is 0 Å². The number of amides is 2. The molecule has 3 aromatic rings. The van der Waals surface area contributed by atoms with E-state index >= 15 is 0 Å². The zero-order valence-corrected chi connectivity index (χ0v) is 20.0. The summed E-state index contributed by atoms with van der Waals surface area (Å²) in [6, 6.07) is 24.5. The summed E-state index contributed by atoms with van der Waals surface area (Å²) in [6.07, 6.45) is 1.33. The van der Waals surface area contributed by atoms with E-state index in [0.29, 0.717) is 19.4 Å². The van der Waals surface area contributed by atoms with E-state index in [0.717, 1.165) is 12.1 Å². The van der Waals surface area contributed by atoms with Gasteiger partial charge in [-0.2, -0.15) is 0 Å². The minimum Gasteiger partial charge on any atom is -0.334 e. The van der Waals surface area contributed by atoms with Crippen LogP contribution in [0.2, 0.25) is 0 Å². The summed E-state index contributed by atoms with van der Waals surface area (Å²) in [5.74, 6) is -0.104. The molecular weight excluding hydrogens is 465 g/mol. The molecule has 3 aromatic carbocycles. The van der Waals surface area contributed by atoms with Crippen LogP contribution in [0, 0.1) is 5.82 Å². The number of benzene rings is 3. The summed E-state index contributed by atoms with van der Waals surface area (Å²) < 4.78 is 41.3. The van der Waals surface area contributed by atoms with Crippen molar-refractivity contribution in [2.24, 2.45) is 0 Å². The SMILES string of the molecule is O=C(NC1[C@@H](c2ccccc2)[C@H]1c1ccccc1)N1CCC[C@@H](NS(=O)(=O)c2ccc(F)cc2)C1. The maximum absolute atomic E-state index is 13.2. The molecule has 182 valence electrons. The fourth-order valence-electron chi connectivity index (χ4n) is 5.06. The fourth-order valence-corrected chi connectivity index (χ4v) is 6.32. The molecule has 1 heterocycles. The molecule has 2 amide bonds. The van der Waals surface area contributed by atoms with Crippen LogP contribution in [0.3, 0.4) is 0 Å². The Morgan fingerprint density at radius 2 is 1.43 bits per heavy atom. The minimum absolute atomic E-state index is 0.00913. The Bertz CT molecular complexity index is 1220. The monoisotopic (exact) mass is 493 g/mol. The van der Waals surface area contributed by atoms with Crippen molar-refractivity contribution in [1.29, 1.82) is 0 Å². The Morgan fingerprint density at radius 1 is 0.857 bits per heavy atom. The Kier molecular flexibility index (Phi) is 6.58. The van der Waals surface area contributed by atoms with Crippen LogP contribution in [-0.2, 0) is 10.0 Å². The topological polar surface area (TPSA) is 78.5 Å². The Hall–Kier alpha value is -3.23. The number of rotatable bonds is 6. The molecule has 35 heavy (non-hydrogen) atoms. The lowest BCUT2D eigenvalue weighted by atomic mass is 10.0. The number of carbonyl (C=O) groups is 1. The van der Waals surface area contributed by atoms with E-state index in [1.54, 1.807) is 4.90 Å². The lowest BCUT2D eigenvalue weighted by molar-refractivity contribution is 0.176. The zero-order chi connectivity index (χ0) is 24.4. The van der Waals surface area contributed by atoms with Crippen LogP contribution in [0.4, 0.5) is 9.18 Å².